The van der Waals surface area contributed by atoms with Crippen LogP contribution < -0.4 is 20.6 Å². The van der Waals surface area contributed by atoms with Crippen molar-refractivity contribution in [3.63, 3.8) is 0 Å². The van der Waals surface area contributed by atoms with Gasteiger partial charge in [-0.25, -0.2) is 13.2 Å². The van der Waals surface area contributed by atoms with Crippen LogP contribution in [-0.4, -0.2) is 151 Å². The number of hydrogen-bond acceptors (Lipinski definition) is 18. The average molecular weight is 898 g/mol. The number of carbonyl (C=O) groups is 2. The minimum atomic E-state index is -2.37. The highest BCUT2D eigenvalue weighted by atomic mass is 19.2. The number of nitrogens with one attached hydrogen (secondary N) is 1. The summed E-state index contributed by atoms with van der Waals surface area (Å²) in [5.41, 5.74) is 1.09. The van der Waals surface area contributed by atoms with Gasteiger partial charge in [-0.1, -0.05) is 11.6 Å². The van der Waals surface area contributed by atoms with Crippen molar-refractivity contribution in [2.24, 2.45) is 15.9 Å². The van der Waals surface area contributed by atoms with Crippen molar-refractivity contribution in [3.05, 3.63) is 53.4 Å². The number of aliphatic imine (C=N–C) groups is 1. The molecule has 0 aromatic heterocycles. The van der Waals surface area contributed by atoms with Crippen molar-refractivity contribution in [2.75, 3.05) is 71.3 Å². The summed E-state index contributed by atoms with van der Waals surface area (Å²) in [4.78, 5) is 28.4. The van der Waals surface area contributed by atoms with E-state index in [2.05, 4.69) is 20.1 Å². The monoisotopic (exact) mass is 897 g/mol. The Labute approximate surface area is 352 Å². The van der Waals surface area contributed by atoms with Gasteiger partial charge in [-0.3, -0.25) is 25.0 Å². The predicted molar refractivity (Wildman–Crippen MR) is 205 cm³/mol. The molecule has 0 saturated carbocycles. The van der Waals surface area contributed by atoms with E-state index in [1.54, 1.807) is 18.3 Å². The van der Waals surface area contributed by atoms with E-state index in [0.29, 0.717) is 50.6 Å². The molecule has 3 rings (SSSR count). The number of hydrogen-bond donors (Lipinski definition) is 7. The van der Waals surface area contributed by atoms with Crippen LogP contribution in [0.3, 0.4) is 0 Å². The molecule has 62 heavy (non-hydrogen) atoms. The van der Waals surface area contributed by atoms with Crippen LogP contribution in [-0.2, 0) is 33.3 Å². The fraction of sp³-hybridized carbons (Fsp3) is 0.579. The van der Waals surface area contributed by atoms with Gasteiger partial charge in [-0.05, 0) is 49.9 Å². The Morgan fingerprint density at radius 1 is 0.742 bits per heavy atom. The fourth-order valence-electron chi connectivity index (χ4n) is 5.44. The first-order valence-electron chi connectivity index (χ1n) is 19.4. The molecule has 1 heterocycles. The van der Waals surface area contributed by atoms with E-state index in [-0.39, 0.29) is 69.3 Å². The normalized spacial score (nSPS) is 19.3. The number of rotatable bonds is 29. The number of carbonyl (C=O) groups excluding carboxylic acids is 2. The molecule has 8 N–H and O–H groups in total. The van der Waals surface area contributed by atoms with Gasteiger partial charge in [0.05, 0.1) is 84.2 Å². The lowest BCUT2D eigenvalue weighted by Crippen LogP contribution is -2.59. The SMILES string of the molecule is N/N=C(\C=NCCOCCOCCOCCOCCC(=O)Oc1c(F)c(F)c(F)c(F)c1F)CCCCCC(=O)Nc1ccc(O[C@H]2OC(CCN(O)O)[C@@H](O)C(O)C2O)cc1. The summed E-state index contributed by atoms with van der Waals surface area (Å²) in [5, 5.41) is 54.9. The van der Waals surface area contributed by atoms with Crippen LogP contribution in [0.5, 0.6) is 11.5 Å². The molecule has 1 fully saturated rings. The average Bonchev–Trinajstić information content (AvgIpc) is 3.25. The molecule has 0 spiro atoms. The first-order valence-corrected chi connectivity index (χ1v) is 19.4. The number of nitrogens with zero attached hydrogens (tertiary/aromatic N) is 3. The van der Waals surface area contributed by atoms with Crippen LogP contribution in [0.1, 0.15) is 44.9 Å². The molecule has 2 aromatic carbocycles. The number of benzene rings is 2. The van der Waals surface area contributed by atoms with Crippen molar-refractivity contribution in [1.82, 2.24) is 5.23 Å². The van der Waals surface area contributed by atoms with E-state index in [0.717, 1.165) is 12.8 Å². The number of halogens is 5. The molecule has 0 radical (unpaired) electrons. The number of aliphatic hydroxyl groups is 3. The Morgan fingerprint density at radius 3 is 1.90 bits per heavy atom. The lowest BCUT2D eigenvalue weighted by Gasteiger charge is -2.40. The van der Waals surface area contributed by atoms with Gasteiger partial charge in [0.1, 0.15) is 24.1 Å². The first kappa shape index (κ1) is 51.9. The van der Waals surface area contributed by atoms with Crippen molar-refractivity contribution in [3.8, 4) is 11.5 Å². The van der Waals surface area contributed by atoms with Crippen LogP contribution in [0.15, 0.2) is 34.4 Å². The Balaban J connectivity index is 1.14. The van der Waals surface area contributed by atoms with E-state index in [9.17, 15) is 46.9 Å². The van der Waals surface area contributed by atoms with Gasteiger partial charge in [0.25, 0.3) is 0 Å². The Bertz CT molecular complexity index is 1700. The molecule has 19 nitrogen and oxygen atoms in total. The summed E-state index contributed by atoms with van der Waals surface area (Å²) in [6.07, 6.45) is -3.13. The minimum absolute atomic E-state index is 0.0456. The third kappa shape index (κ3) is 18.1. The zero-order chi connectivity index (χ0) is 45.4. The number of anilines is 1. The van der Waals surface area contributed by atoms with Gasteiger partial charge >= 0.3 is 5.97 Å². The number of amides is 1. The second kappa shape index (κ2) is 28.3. The second-order valence-corrected chi connectivity index (χ2v) is 13.4. The summed E-state index contributed by atoms with van der Waals surface area (Å²) in [5.74, 6) is -8.74. The molecule has 5 atom stereocenters. The summed E-state index contributed by atoms with van der Waals surface area (Å²) >= 11 is 0. The molecule has 0 bridgehead atoms. The molecule has 348 valence electrons. The van der Waals surface area contributed by atoms with Crippen LogP contribution in [0.4, 0.5) is 27.6 Å². The largest absolute Gasteiger partial charge is 0.462 e. The van der Waals surface area contributed by atoms with Crippen LogP contribution in [0.25, 0.3) is 0 Å². The molecular weight excluding hydrogens is 845 g/mol. The Morgan fingerprint density at radius 2 is 1.31 bits per heavy atom. The smallest absolute Gasteiger partial charge is 0.313 e. The zero-order valence-corrected chi connectivity index (χ0v) is 33.5. The highest BCUT2D eigenvalue weighted by Crippen LogP contribution is 2.30. The van der Waals surface area contributed by atoms with E-state index in [1.165, 1.54) is 12.1 Å². The number of aliphatic hydroxyl groups excluding tert-OH is 3. The summed E-state index contributed by atoms with van der Waals surface area (Å²) in [6.45, 7) is 1.42. The standard InChI is InChI=1S/C38H52F5N5O14/c39-29-30(40)32(42)37(33(43)31(29)41)62-28(50)11-14-56-16-18-58-20-21-59-19-17-57-15-12-45-22-24(47-44)4-2-1-3-5-27(49)46-23-6-8-25(9-7-23)60-38-36(53)35(52)34(51)26(61-38)10-13-48(54)55/h6-9,22,26,34-36,38,51-55H,1-5,10-21,44H2,(H,46,49)/b45-22?,47-24-/t26?,34-,35?,36?,38+/m1/s1. The van der Waals surface area contributed by atoms with Gasteiger partial charge in [0.2, 0.25) is 47.0 Å². The predicted octanol–water partition coefficient (Wildman–Crippen LogP) is 2.38. The lowest BCUT2D eigenvalue weighted by atomic mass is 9.97. The minimum Gasteiger partial charge on any atom is -0.462 e. The molecule has 1 aliphatic heterocycles. The third-order valence-electron chi connectivity index (χ3n) is 8.73. The maximum atomic E-state index is 13.6. The number of esters is 1. The Hall–Kier alpha value is -4.47. The van der Waals surface area contributed by atoms with Crippen molar-refractivity contribution >= 4 is 29.5 Å². The van der Waals surface area contributed by atoms with Crippen molar-refractivity contribution in [1.29, 1.82) is 0 Å². The summed E-state index contributed by atoms with van der Waals surface area (Å²) in [6, 6.07) is 6.21. The van der Waals surface area contributed by atoms with Crippen LogP contribution in [0.2, 0.25) is 0 Å². The zero-order valence-electron chi connectivity index (χ0n) is 33.5. The fourth-order valence-corrected chi connectivity index (χ4v) is 5.44. The Kier molecular flexibility index (Phi) is 23.7. The molecule has 2 aromatic rings. The molecule has 1 amide bonds. The van der Waals surface area contributed by atoms with Gasteiger partial charge < -0.3 is 59.6 Å². The highest BCUT2D eigenvalue weighted by Gasteiger charge is 2.45. The first-order chi connectivity index (χ1) is 29.7. The summed E-state index contributed by atoms with van der Waals surface area (Å²) < 4.78 is 103. The number of ether oxygens (including phenoxy) is 7. The topological polar surface area (TPSA) is 266 Å². The van der Waals surface area contributed by atoms with Gasteiger partial charge in [-0.2, -0.15) is 13.9 Å². The van der Waals surface area contributed by atoms with Gasteiger partial charge in [-0.15, -0.1) is 0 Å². The molecular formula is C38H52F5N5O14. The van der Waals surface area contributed by atoms with Crippen LogP contribution >= 0.6 is 0 Å². The molecule has 1 saturated heterocycles. The van der Waals surface area contributed by atoms with E-state index in [4.69, 9.17) is 44.7 Å². The highest BCUT2D eigenvalue weighted by molar-refractivity contribution is 6.30. The molecule has 24 heteroatoms. The molecule has 1 aliphatic rings. The summed E-state index contributed by atoms with van der Waals surface area (Å²) in [7, 11) is 0. The van der Waals surface area contributed by atoms with Crippen molar-refractivity contribution in [2.45, 2.75) is 75.7 Å². The van der Waals surface area contributed by atoms with Gasteiger partial charge in [0.15, 0.2) is 0 Å². The lowest BCUT2D eigenvalue weighted by molar-refractivity contribution is -0.317. The number of hydrazone groups is 1. The van der Waals surface area contributed by atoms with E-state index >= 15 is 0 Å². The van der Waals surface area contributed by atoms with E-state index in [1.807, 2.05) is 0 Å². The van der Waals surface area contributed by atoms with E-state index < -0.39 is 77.9 Å². The van der Waals surface area contributed by atoms with Crippen LogP contribution in [0, 0.1) is 29.1 Å². The number of unbranched alkanes of at least 4 members (excludes halogenated alkanes) is 2. The molecule has 3 unspecified atom stereocenters. The molecule has 0 aliphatic carbocycles. The van der Waals surface area contributed by atoms with Gasteiger partial charge in [0, 0.05) is 18.3 Å². The quantitative estimate of drug-likeness (QED) is 0.00711. The second-order valence-electron chi connectivity index (χ2n) is 13.4. The maximum Gasteiger partial charge on any atom is 0.313 e. The maximum absolute atomic E-state index is 13.6. The third-order valence-corrected chi connectivity index (χ3v) is 8.73. The number of hydroxylamine groups is 2. The van der Waals surface area contributed by atoms with Crippen molar-refractivity contribution < 1.29 is 90.4 Å². The number of nitrogens with two attached hydrogens (primary N) is 1.